The van der Waals surface area contributed by atoms with Crippen molar-refractivity contribution in [3.63, 3.8) is 0 Å². The standard InChI is InChI=1S/C20H20Cl2N4O2/c1-3-17(13-7-5-9-15(21)11-13)23-25-19(27)20(28)26-24-18(4-2)14-8-6-10-16(22)12-14/h5-12H,3-4H2,1-2H3,(H,25,27)(H,26,28). The van der Waals surface area contributed by atoms with Crippen molar-refractivity contribution in [3.05, 3.63) is 69.7 Å². The van der Waals surface area contributed by atoms with Gasteiger partial charge in [-0.25, -0.2) is 10.9 Å². The van der Waals surface area contributed by atoms with Gasteiger partial charge in [-0.1, -0.05) is 61.3 Å². The van der Waals surface area contributed by atoms with Crippen LogP contribution in [0.15, 0.2) is 58.7 Å². The van der Waals surface area contributed by atoms with Crippen LogP contribution in [-0.4, -0.2) is 23.2 Å². The van der Waals surface area contributed by atoms with Crippen molar-refractivity contribution in [2.75, 3.05) is 0 Å². The molecule has 0 aromatic heterocycles. The fourth-order valence-electron chi connectivity index (χ4n) is 2.37. The lowest BCUT2D eigenvalue weighted by Gasteiger charge is -2.07. The summed E-state index contributed by atoms with van der Waals surface area (Å²) in [6.07, 6.45) is 1.10. The second kappa shape index (κ2) is 10.6. The van der Waals surface area contributed by atoms with Crippen LogP contribution in [0.25, 0.3) is 0 Å². The summed E-state index contributed by atoms with van der Waals surface area (Å²) in [6.45, 7) is 3.77. The Labute approximate surface area is 173 Å². The second-order valence-corrected chi connectivity index (χ2v) is 6.60. The molecule has 0 fully saturated rings. The lowest BCUT2D eigenvalue weighted by atomic mass is 10.1. The number of carbonyl (C=O) groups excluding carboxylic acids is 2. The molecule has 0 bridgehead atoms. The summed E-state index contributed by atoms with van der Waals surface area (Å²) in [5.74, 6) is -1.84. The first-order chi connectivity index (χ1) is 13.4. The van der Waals surface area contributed by atoms with Gasteiger partial charge in [-0.2, -0.15) is 10.2 Å². The maximum absolute atomic E-state index is 12.0. The van der Waals surface area contributed by atoms with Crippen LogP contribution >= 0.6 is 23.2 Å². The molecule has 2 amide bonds. The minimum Gasteiger partial charge on any atom is -0.262 e. The predicted molar refractivity (Wildman–Crippen MR) is 113 cm³/mol. The molecule has 0 spiro atoms. The van der Waals surface area contributed by atoms with Crippen LogP contribution in [-0.2, 0) is 9.59 Å². The minimum absolute atomic E-state index is 0.551. The molecule has 0 aliphatic heterocycles. The largest absolute Gasteiger partial charge is 0.331 e. The summed E-state index contributed by atoms with van der Waals surface area (Å²) in [5.41, 5.74) is 7.22. The summed E-state index contributed by atoms with van der Waals surface area (Å²) in [6, 6.07) is 14.2. The first kappa shape index (κ1) is 21.6. The van der Waals surface area contributed by atoms with E-state index in [-0.39, 0.29) is 0 Å². The molecule has 0 heterocycles. The van der Waals surface area contributed by atoms with Crippen molar-refractivity contribution in [3.8, 4) is 0 Å². The number of benzene rings is 2. The van der Waals surface area contributed by atoms with Crippen LogP contribution in [0.3, 0.4) is 0 Å². The van der Waals surface area contributed by atoms with Gasteiger partial charge in [-0.3, -0.25) is 9.59 Å². The van der Waals surface area contributed by atoms with E-state index in [1.54, 1.807) is 36.4 Å². The molecule has 0 unspecified atom stereocenters. The van der Waals surface area contributed by atoms with Gasteiger partial charge in [-0.05, 0) is 48.2 Å². The smallest absolute Gasteiger partial charge is 0.262 e. The Morgan fingerprint density at radius 2 is 1.18 bits per heavy atom. The predicted octanol–water partition coefficient (Wildman–Crippen LogP) is 4.15. The first-order valence-electron chi connectivity index (χ1n) is 8.69. The Kier molecular flexibility index (Phi) is 8.17. The Bertz CT molecular complexity index is 850. The van der Waals surface area contributed by atoms with Gasteiger partial charge in [0.15, 0.2) is 0 Å². The van der Waals surface area contributed by atoms with Gasteiger partial charge in [0.1, 0.15) is 0 Å². The zero-order valence-electron chi connectivity index (χ0n) is 15.5. The van der Waals surface area contributed by atoms with E-state index >= 15 is 0 Å². The van der Waals surface area contributed by atoms with Crippen molar-refractivity contribution in [2.24, 2.45) is 10.2 Å². The lowest BCUT2D eigenvalue weighted by molar-refractivity contribution is -0.139. The molecule has 0 radical (unpaired) electrons. The van der Waals surface area contributed by atoms with E-state index in [2.05, 4.69) is 21.1 Å². The quantitative estimate of drug-likeness (QED) is 0.419. The number of nitrogens with zero attached hydrogens (tertiary/aromatic N) is 2. The highest BCUT2D eigenvalue weighted by atomic mass is 35.5. The van der Waals surface area contributed by atoms with Crippen LogP contribution in [0, 0.1) is 0 Å². The van der Waals surface area contributed by atoms with E-state index in [9.17, 15) is 9.59 Å². The zero-order valence-corrected chi connectivity index (χ0v) is 17.0. The van der Waals surface area contributed by atoms with Gasteiger partial charge in [0.05, 0.1) is 11.4 Å². The Balaban J connectivity index is 2.04. The molecular formula is C20H20Cl2N4O2. The molecule has 2 rings (SSSR count). The van der Waals surface area contributed by atoms with E-state index in [1.165, 1.54) is 0 Å². The summed E-state index contributed by atoms with van der Waals surface area (Å²) in [7, 11) is 0. The van der Waals surface area contributed by atoms with Gasteiger partial charge >= 0.3 is 11.8 Å². The SMILES string of the molecule is CCC(=NNC(=O)C(=O)NN=C(CC)c1cccc(Cl)c1)c1cccc(Cl)c1. The average Bonchev–Trinajstić information content (AvgIpc) is 2.68. The van der Waals surface area contributed by atoms with Gasteiger partial charge in [-0.15, -0.1) is 0 Å². The minimum atomic E-state index is -0.918. The van der Waals surface area contributed by atoms with Crippen molar-refractivity contribution in [1.82, 2.24) is 10.9 Å². The Morgan fingerprint density at radius 3 is 1.50 bits per heavy atom. The zero-order chi connectivity index (χ0) is 20.5. The molecule has 28 heavy (non-hydrogen) atoms. The van der Waals surface area contributed by atoms with Gasteiger partial charge in [0, 0.05) is 10.0 Å². The van der Waals surface area contributed by atoms with Crippen molar-refractivity contribution >= 4 is 46.4 Å². The molecule has 0 saturated heterocycles. The third-order valence-corrected chi connectivity index (χ3v) is 4.25. The summed E-state index contributed by atoms with van der Waals surface area (Å²) in [5, 5.41) is 9.17. The number of amides is 2. The van der Waals surface area contributed by atoms with E-state index in [0.717, 1.165) is 11.1 Å². The highest BCUT2D eigenvalue weighted by Crippen LogP contribution is 2.13. The topological polar surface area (TPSA) is 82.9 Å². The maximum atomic E-state index is 12.0. The number of hydrogen-bond acceptors (Lipinski definition) is 4. The average molecular weight is 419 g/mol. The van der Waals surface area contributed by atoms with Gasteiger partial charge in [0.2, 0.25) is 0 Å². The summed E-state index contributed by atoms with van der Waals surface area (Å²) < 4.78 is 0. The van der Waals surface area contributed by atoms with Gasteiger partial charge < -0.3 is 0 Å². The summed E-state index contributed by atoms with van der Waals surface area (Å²) >= 11 is 11.9. The second-order valence-electron chi connectivity index (χ2n) is 5.73. The van der Waals surface area contributed by atoms with E-state index in [1.807, 2.05) is 26.0 Å². The highest BCUT2D eigenvalue weighted by Gasteiger charge is 2.13. The fourth-order valence-corrected chi connectivity index (χ4v) is 2.75. The number of halogens is 2. The monoisotopic (exact) mass is 418 g/mol. The van der Waals surface area contributed by atoms with Crippen LogP contribution in [0.4, 0.5) is 0 Å². The third-order valence-electron chi connectivity index (χ3n) is 3.78. The molecule has 2 aromatic carbocycles. The lowest BCUT2D eigenvalue weighted by Crippen LogP contribution is -2.36. The van der Waals surface area contributed by atoms with E-state index < -0.39 is 11.8 Å². The number of carbonyl (C=O) groups is 2. The third kappa shape index (κ3) is 6.18. The fraction of sp³-hybridized carbons (Fsp3) is 0.200. The molecule has 2 aromatic rings. The summed E-state index contributed by atoms with van der Waals surface area (Å²) in [4.78, 5) is 24.0. The van der Waals surface area contributed by atoms with Crippen molar-refractivity contribution < 1.29 is 9.59 Å². The number of nitrogens with one attached hydrogen (secondary N) is 2. The molecule has 0 aliphatic carbocycles. The number of rotatable bonds is 6. The number of hydrogen-bond donors (Lipinski definition) is 2. The maximum Gasteiger partial charge on any atom is 0.331 e. The van der Waals surface area contributed by atoms with E-state index in [0.29, 0.717) is 34.3 Å². The molecule has 146 valence electrons. The van der Waals surface area contributed by atoms with Crippen LogP contribution in [0.1, 0.15) is 37.8 Å². The van der Waals surface area contributed by atoms with Crippen LogP contribution in [0.5, 0.6) is 0 Å². The number of hydrazone groups is 2. The Morgan fingerprint density at radius 1 is 0.786 bits per heavy atom. The van der Waals surface area contributed by atoms with Crippen LogP contribution < -0.4 is 10.9 Å². The van der Waals surface area contributed by atoms with Crippen molar-refractivity contribution in [1.29, 1.82) is 0 Å². The van der Waals surface area contributed by atoms with E-state index in [4.69, 9.17) is 23.2 Å². The highest BCUT2D eigenvalue weighted by molar-refractivity contribution is 6.35. The molecular weight excluding hydrogens is 399 g/mol. The van der Waals surface area contributed by atoms with Crippen molar-refractivity contribution in [2.45, 2.75) is 26.7 Å². The molecule has 2 N–H and O–H groups in total. The molecule has 0 aliphatic rings. The molecule has 6 nitrogen and oxygen atoms in total. The normalized spacial score (nSPS) is 11.9. The van der Waals surface area contributed by atoms with Gasteiger partial charge in [0.25, 0.3) is 0 Å². The van der Waals surface area contributed by atoms with Crippen LogP contribution in [0.2, 0.25) is 10.0 Å². The molecule has 0 saturated carbocycles. The molecule has 8 heteroatoms. The first-order valence-corrected chi connectivity index (χ1v) is 9.45. The molecule has 0 atom stereocenters. The Hall–Kier alpha value is -2.70.